The summed E-state index contributed by atoms with van der Waals surface area (Å²) in [6.07, 6.45) is -18.2. The zero-order chi connectivity index (χ0) is 84.5. The van der Waals surface area contributed by atoms with E-state index in [1.165, 1.54) is 39.4 Å². The van der Waals surface area contributed by atoms with Gasteiger partial charge in [0.25, 0.3) is 38.6 Å². The number of aromatic carboxylic acids is 1. The van der Waals surface area contributed by atoms with Crippen molar-refractivity contribution in [3.05, 3.63) is 169 Å². The van der Waals surface area contributed by atoms with Crippen LogP contribution in [0, 0.1) is 0 Å². The molecule has 1 atom stereocenters. The molecule has 5 N–H and O–H groups in total. The van der Waals surface area contributed by atoms with Crippen LogP contribution in [-0.4, -0.2) is 150 Å². The molecule has 4 heterocycles. The monoisotopic (exact) mass is 1790 g/mol. The van der Waals surface area contributed by atoms with Crippen molar-refractivity contribution in [3.8, 4) is 71.0 Å². The van der Waals surface area contributed by atoms with Crippen LogP contribution in [0.25, 0.3) is 42.3 Å². The molecule has 0 fully saturated rings. The molecule has 9 aromatic rings. The van der Waals surface area contributed by atoms with Gasteiger partial charge in [0.15, 0.2) is 5.38 Å². The maximum absolute atomic E-state index is 13.0. The van der Waals surface area contributed by atoms with Gasteiger partial charge in [0, 0.05) is 54.4 Å². The van der Waals surface area contributed by atoms with Crippen molar-refractivity contribution in [2.45, 2.75) is 83.6 Å². The van der Waals surface area contributed by atoms with Gasteiger partial charge < -0.3 is 59.3 Å². The van der Waals surface area contributed by atoms with Gasteiger partial charge in [-0.3, -0.25) is 14.4 Å². The quantitative estimate of drug-likeness (QED) is 0.00819. The second-order valence-electron chi connectivity index (χ2n) is 20.2. The molecule has 0 amide bonds. The van der Waals surface area contributed by atoms with Gasteiger partial charge in [0.1, 0.15) is 92.7 Å². The van der Waals surface area contributed by atoms with E-state index in [-0.39, 0.29) is 76.2 Å². The molecule has 0 aliphatic carbocycles. The van der Waals surface area contributed by atoms with E-state index in [0.717, 1.165) is 56.5 Å². The number of halogens is 16. The predicted molar refractivity (Wildman–Crippen MR) is 407 cm³/mol. The summed E-state index contributed by atoms with van der Waals surface area (Å²) >= 11 is 19.4. The minimum atomic E-state index is -3.24. The number of nitrogens with zero attached hydrogens (tertiary/aromatic N) is 4. The largest absolute Gasteiger partial charge is 1.00 e. The first-order valence-electron chi connectivity index (χ1n) is 31.2. The van der Waals surface area contributed by atoms with Gasteiger partial charge >= 0.3 is 42.7 Å². The second-order valence-corrected chi connectivity index (χ2v) is 25.5. The number of Topliss-reactive ketones (excluding diaryl/α,β-unsaturated/α-hetero) is 2. The molecule has 0 spiro atoms. The number of carboxylic acids is 1. The second kappa shape index (κ2) is 56.0. The van der Waals surface area contributed by atoms with Crippen molar-refractivity contribution in [1.82, 2.24) is 19.9 Å². The van der Waals surface area contributed by atoms with Gasteiger partial charge in [0.05, 0.1) is 72.7 Å². The van der Waals surface area contributed by atoms with Crippen molar-refractivity contribution in [2.75, 3.05) is 55.4 Å². The predicted octanol–water partition coefficient (Wildman–Crippen LogP) is 16.4. The molecule has 22 nitrogen and oxygen atoms in total. The van der Waals surface area contributed by atoms with Crippen LogP contribution in [-0.2, 0) is 45.9 Å². The number of esters is 3. The number of thiazole rings is 4. The number of methoxy groups -OCH3 is 5. The van der Waals surface area contributed by atoms with Crippen LogP contribution in [0.2, 0.25) is 0 Å². The first-order chi connectivity index (χ1) is 53.2. The number of nitrogens with two attached hydrogens (primary N) is 1. The number of aliphatic hydroxyl groups is 1. The Balaban J connectivity index is 0.00000131. The number of aromatic nitrogens is 4. The first-order valence-corrected chi connectivity index (χ1v) is 37.0. The molecule has 0 saturated heterocycles. The number of alkyl halides is 14. The number of ketones is 2. The maximum Gasteiger partial charge on any atom is 1.00 e. The van der Waals surface area contributed by atoms with Crippen LogP contribution in [0.15, 0.2) is 121 Å². The van der Waals surface area contributed by atoms with E-state index in [4.69, 9.17) is 79.8 Å². The molecule has 1 unspecified atom stereocenters. The molecule has 618 valence electrons. The fourth-order valence-corrected chi connectivity index (χ4v) is 12.1. The van der Waals surface area contributed by atoms with Crippen LogP contribution in [0.3, 0.4) is 0 Å². The van der Waals surface area contributed by atoms with E-state index in [9.17, 15) is 81.5 Å². The number of carbonyl (C=O) groups excluding carboxylic acids is 5. The smallest absolute Gasteiger partial charge is 0.870 e. The number of thiocarbonyl (C=S) groups is 1. The van der Waals surface area contributed by atoms with Gasteiger partial charge in [-0.25, -0.2) is 87.0 Å². The van der Waals surface area contributed by atoms with Crippen LogP contribution >= 0.6 is 102 Å². The molecule has 0 bridgehead atoms. The van der Waals surface area contributed by atoms with Crippen molar-refractivity contribution < 1.29 is 154 Å². The zero-order valence-electron chi connectivity index (χ0n) is 60.8. The van der Waals surface area contributed by atoms with Gasteiger partial charge in [-0.1, -0.05) is 12.2 Å². The standard InChI is InChI=1S/C14H13F2NO3S.C12H10ClF2NOS.C12H9F2NO3S.C12H11F2NO2S.C8H9NOS.C6H7ClF2O3.C6H8F2O3.Cl2.Li.H2O/c1-3-20-14(18)11-10(12(15)16)17-13(21-11)8-4-6-9(19-2)7-5-8;1-17-8-4-2-7(3-5-8)12-16-10(11(14)15)9(6-13)18-12;1-18-7-4-2-6(3-5-7)11-15-8(10(13)14)9(19-11)12(16)17;1-17-8-4-2-7(3-5-8)12-15-10(11(13)14)9(6-16)18-12;1-10-7-4-2-6(3-5-7)8(9)11;1-2-12-6(11)3(7)4(10)5(8)9;1-2-11-5(10)3-4(9)6(7)8;1-2;;/h4-7,12H,3H2,1-2H3;2-5,11H,6H2,1H3;2-5,10H,1H3,(H,16,17);2-5,11,16H,6H2,1H3;2-5H,1H3,(H2,9,11);3,5H,2H2,1H3;6H,2-3H2,1H3;;;1H2/q;;;;;;;;+1;/p-1. The number of carboxylic acid groups (broad SMARTS) is 1. The summed E-state index contributed by atoms with van der Waals surface area (Å²) < 4.78 is 187. The number of ether oxygens (including phenoxy) is 8. The Labute approximate surface area is 696 Å². The average Bonchev–Trinajstić information content (AvgIpc) is 1.65. The Morgan fingerprint density at radius 1 is 0.474 bits per heavy atom. The van der Waals surface area contributed by atoms with E-state index in [1.807, 2.05) is 24.3 Å². The van der Waals surface area contributed by atoms with E-state index < -0.39 is 109 Å². The van der Waals surface area contributed by atoms with Crippen LogP contribution in [0.4, 0.5) is 52.7 Å². The van der Waals surface area contributed by atoms with E-state index in [0.29, 0.717) is 59.0 Å². The van der Waals surface area contributed by atoms with Crippen LogP contribution in [0.5, 0.6) is 28.7 Å². The molecule has 4 aromatic heterocycles. The Hall–Kier alpha value is -8.43. The van der Waals surface area contributed by atoms with Gasteiger partial charge in [-0.2, -0.15) is 0 Å². The number of aliphatic hydroxyl groups excluding tert-OH is 1. The van der Waals surface area contributed by atoms with Gasteiger partial charge in [0.2, 0.25) is 11.6 Å². The summed E-state index contributed by atoms with van der Waals surface area (Å²) in [5.74, 6) is -3.71. The molecular weight excluding hydrogens is 1720 g/mol. The zero-order valence-corrected chi connectivity index (χ0v) is 67.9. The summed E-state index contributed by atoms with van der Waals surface area (Å²) in [7, 11) is 16.0. The molecule has 5 aromatic carbocycles. The molecule has 9 rings (SSSR count). The molecule has 0 radical (unpaired) electrons. The Morgan fingerprint density at radius 2 is 0.781 bits per heavy atom. The third-order valence-electron chi connectivity index (χ3n) is 13.1. The van der Waals surface area contributed by atoms with E-state index in [1.54, 1.807) is 125 Å². The Kier molecular flexibility index (Phi) is 51.8. The topological polar surface area (TPSA) is 324 Å². The number of hydrogen-bond acceptors (Lipinski definition) is 25. The van der Waals surface area contributed by atoms with Crippen LogP contribution < -0.4 is 48.3 Å². The third-order valence-corrected chi connectivity index (χ3v) is 18.5. The number of hydrogen-bond donors (Lipinski definition) is 3. The summed E-state index contributed by atoms with van der Waals surface area (Å²) in [5, 5.41) is 17.6. The van der Waals surface area contributed by atoms with Crippen molar-refractivity contribution in [2.24, 2.45) is 5.73 Å². The summed E-state index contributed by atoms with van der Waals surface area (Å²) in [6, 6.07) is 34.7. The van der Waals surface area contributed by atoms with Gasteiger partial charge in [-0.15, -0.1) is 68.5 Å². The number of rotatable bonds is 27. The van der Waals surface area contributed by atoms with Crippen molar-refractivity contribution >= 4 is 143 Å². The fraction of sp³-hybridized carbons (Fsp3) is 0.300. The first kappa shape index (κ1) is 106. The van der Waals surface area contributed by atoms with E-state index >= 15 is 0 Å². The minimum absolute atomic E-state index is 0. The van der Waals surface area contributed by atoms with Crippen molar-refractivity contribution in [3.63, 3.8) is 0 Å². The van der Waals surface area contributed by atoms with Gasteiger partial charge in [-0.05, 0) is 142 Å². The molecular formula is C70H68Cl4F12LiN5O17S5. The molecule has 44 heteroatoms. The molecule has 0 aliphatic heterocycles. The fourth-order valence-electron chi connectivity index (χ4n) is 7.79. The molecule has 114 heavy (non-hydrogen) atoms. The number of benzene rings is 5. The van der Waals surface area contributed by atoms with Crippen molar-refractivity contribution in [1.29, 1.82) is 0 Å². The average molecular weight is 1790 g/mol. The minimum Gasteiger partial charge on any atom is -0.870 e. The van der Waals surface area contributed by atoms with E-state index in [2.05, 4.69) is 51.1 Å². The normalized spacial score (nSPS) is 10.4. The molecule has 0 saturated carbocycles. The third kappa shape index (κ3) is 34.9. The Morgan fingerprint density at radius 3 is 1.04 bits per heavy atom. The van der Waals surface area contributed by atoms with Crippen LogP contribution in [0.1, 0.15) is 110 Å². The Bertz CT molecular complexity index is 4280. The summed E-state index contributed by atoms with van der Waals surface area (Å²) in [5.41, 5.74) is 7.18. The summed E-state index contributed by atoms with van der Waals surface area (Å²) in [6.45, 7) is 4.42. The molecule has 0 aliphatic rings. The summed E-state index contributed by atoms with van der Waals surface area (Å²) in [4.78, 5) is 80.0. The maximum atomic E-state index is 13.0. The SMILES string of the molecule is CCOC(=O)C(Cl)C(=O)C(F)F.CCOC(=O)CC(=O)C(F)F.CCOC(=O)c1sc(-c2ccc(OC)cc2)nc1C(F)F.COc1ccc(-c2nc(C(F)F)c(C(=O)O)s2)cc1.COc1ccc(-c2nc(C(F)F)c(CCl)s2)cc1.COc1ccc(-c2nc(C(F)F)c(CO)s2)cc1.COc1ccc(C(N)=S)cc1.ClCl.[Li+].[OH-]. The number of carbonyl (C=O) groups is 6.